The lowest BCUT2D eigenvalue weighted by atomic mass is 10.3. The molecule has 1 N–H and O–H groups in total. The Morgan fingerprint density at radius 1 is 1.29 bits per heavy atom. The molecule has 2 rings (SSSR count). The summed E-state index contributed by atoms with van der Waals surface area (Å²) in [5.41, 5.74) is 0.613. The third kappa shape index (κ3) is 2.52. The highest BCUT2D eigenvalue weighted by atomic mass is 35.5. The van der Waals surface area contributed by atoms with E-state index in [2.05, 4.69) is 10.3 Å². The van der Waals surface area contributed by atoms with Gasteiger partial charge in [0.05, 0.1) is 16.3 Å². The van der Waals surface area contributed by atoms with E-state index in [4.69, 9.17) is 16.9 Å². The molecule has 0 radical (unpaired) electrons. The molecule has 0 aliphatic carbocycles. The monoisotopic (exact) mass is 247 g/mol. The number of pyridine rings is 1. The van der Waals surface area contributed by atoms with Crippen LogP contribution in [0.1, 0.15) is 5.56 Å². The molecule has 84 valence electrons. The van der Waals surface area contributed by atoms with E-state index in [1.807, 2.05) is 6.07 Å². The van der Waals surface area contributed by atoms with Gasteiger partial charge >= 0.3 is 0 Å². The number of para-hydroxylation sites is 1. The third-order valence-electron chi connectivity index (χ3n) is 2.11. The molecule has 0 spiro atoms. The summed E-state index contributed by atoms with van der Waals surface area (Å²) in [5, 5.41) is 11.7. The lowest BCUT2D eigenvalue weighted by Crippen LogP contribution is -1.97. The third-order valence-corrected chi connectivity index (χ3v) is 2.42. The molecule has 3 nitrogen and oxygen atoms in total. The Bertz CT molecular complexity index is 555. The molecule has 2 aromatic rings. The number of aromatic nitrogens is 1. The van der Waals surface area contributed by atoms with Crippen LogP contribution in [0.15, 0.2) is 36.5 Å². The fraction of sp³-hybridized carbons (Fsp3) is 0. The summed E-state index contributed by atoms with van der Waals surface area (Å²) in [6.07, 6.45) is 1.40. The number of nitriles is 1. The number of anilines is 2. The molecular formula is C12H7ClFN3. The maximum Gasteiger partial charge on any atom is 0.148 e. The Morgan fingerprint density at radius 2 is 2.12 bits per heavy atom. The van der Waals surface area contributed by atoms with E-state index in [1.54, 1.807) is 18.2 Å². The Kier molecular flexibility index (Phi) is 3.22. The number of nitrogens with zero attached hydrogens (tertiary/aromatic N) is 2. The van der Waals surface area contributed by atoms with Crippen LogP contribution in [0.5, 0.6) is 0 Å². The second-order valence-electron chi connectivity index (χ2n) is 3.27. The van der Waals surface area contributed by atoms with Crippen molar-refractivity contribution in [2.24, 2.45) is 0 Å². The van der Waals surface area contributed by atoms with Crippen molar-refractivity contribution in [1.82, 2.24) is 4.98 Å². The van der Waals surface area contributed by atoms with Gasteiger partial charge in [-0.3, -0.25) is 0 Å². The van der Waals surface area contributed by atoms with Crippen molar-refractivity contribution in [1.29, 1.82) is 5.26 Å². The number of rotatable bonds is 2. The van der Waals surface area contributed by atoms with Crippen molar-refractivity contribution < 1.29 is 4.39 Å². The van der Waals surface area contributed by atoms with Crippen LogP contribution < -0.4 is 5.32 Å². The quantitative estimate of drug-likeness (QED) is 0.884. The normalized spacial score (nSPS) is 9.71. The first-order valence-corrected chi connectivity index (χ1v) is 5.15. The maximum atomic E-state index is 13.5. The van der Waals surface area contributed by atoms with Crippen molar-refractivity contribution in [3.05, 3.63) is 52.9 Å². The van der Waals surface area contributed by atoms with Gasteiger partial charge in [-0.25, -0.2) is 9.37 Å². The lowest BCUT2D eigenvalue weighted by Gasteiger charge is -2.08. The number of halogens is 2. The first-order chi connectivity index (χ1) is 8.20. The molecule has 0 aliphatic heterocycles. The average Bonchev–Trinajstić information content (AvgIpc) is 2.35. The van der Waals surface area contributed by atoms with Gasteiger partial charge in [0.25, 0.3) is 0 Å². The molecule has 0 fully saturated rings. The van der Waals surface area contributed by atoms with Gasteiger partial charge in [0.1, 0.15) is 17.7 Å². The SMILES string of the molecule is N#Cc1ccc(Nc2c(F)cccc2Cl)nc1. The zero-order valence-electron chi connectivity index (χ0n) is 8.61. The Hall–Kier alpha value is -2.12. The minimum atomic E-state index is -0.455. The van der Waals surface area contributed by atoms with E-state index in [-0.39, 0.29) is 10.7 Å². The number of hydrogen-bond acceptors (Lipinski definition) is 3. The molecule has 0 saturated carbocycles. The summed E-state index contributed by atoms with van der Waals surface area (Å²) in [6, 6.07) is 9.53. The molecule has 5 heteroatoms. The molecule has 17 heavy (non-hydrogen) atoms. The van der Waals surface area contributed by atoms with E-state index in [1.165, 1.54) is 18.3 Å². The smallest absolute Gasteiger partial charge is 0.148 e. The van der Waals surface area contributed by atoms with Gasteiger partial charge in [-0.15, -0.1) is 0 Å². The molecule has 0 bridgehead atoms. The first kappa shape index (κ1) is 11.4. The minimum Gasteiger partial charge on any atom is -0.337 e. The van der Waals surface area contributed by atoms with Crippen molar-refractivity contribution >= 4 is 23.1 Å². The molecule has 0 aliphatic rings. The van der Waals surface area contributed by atoms with Crippen LogP contribution in [0, 0.1) is 17.1 Å². The van der Waals surface area contributed by atoms with Gasteiger partial charge < -0.3 is 5.32 Å². The largest absolute Gasteiger partial charge is 0.337 e. The van der Waals surface area contributed by atoms with Gasteiger partial charge in [-0.1, -0.05) is 17.7 Å². The molecule has 0 saturated heterocycles. The first-order valence-electron chi connectivity index (χ1n) is 4.78. The van der Waals surface area contributed by atoms with Gasteiger partial charge in [0.2, 0.25) is 0 Å². The Morgan fingerprint density at radius 3 is 2.71 bits per heavy atom. The standard InChI is InChI=1S/C12H7ClFN3/c13-9-2-1-3-10(14)12(9)17-11-5-4-8(6-15)7-16-11/h1-5,7H,(H,16,17). The van der Waals surface area contributed by atoms with E-state index in [0.717, 1.165) is 0 Å². The summed E-state index contributed by atoms with van der Waals surface area (Å²) >= 11 is 5.86. The van der Waals surface area contributed by atoms with Crippen LogP contribution >= 0.6 is 11.6 Å². The van der Waals surface area contributed by atoms with Crippen molar-refractivity contribution in [2.75, 3.05) is 5.32 Å². The molecule has 1 heterocycles. The number of benzene rings is 1. The fourth-order valence-corrected chi connectivity index (χ4v) is 1.49. The minimum absolute atomic E-state index is 0.173. The average molecular weight is 248 g/mol. The van der Waals surface area contributed by atoms with Gasteiger partial charge in [-0.05, 0) is 24.3 Å². The highest BCUT2D eigenvalue weighted by Gasteiger charge is 2.07. The van der Waals surface area contributed by atoms with Crippen LogP contribution in [-0.2, 0) is 0 Å². The van der Waals surface area contributed by atoms with Gasteiger partial charge in [0.15, 0.2) is 0 Å². The van der Waals surface area contributed by atoms with E-state index < -0.39 is 5.82 Å². The van der Waals surface area contributed by atoms with Crippen LogP contribution in [-0.4, -0.2) is 4.98 Å². The van der Waals surface area contributed by atoms with E-state index in [9.17, 15) is 4.39 Å². The van der Waals surface area contributed by atoms with Crippen molar-refractivity contribution in [3.63, 3.8) is 0 Å². The van der Waals surface area contributed by atoms with Crippen LogP contribution in [0.4, 0.5) is 15.9 Å². The summed E-state index contributed by atoms with van der Waals surface area (Å²) in [5.74, 6) is -0.0281. The highest BCUT2D eigenvalue weighted by molar-refractivity contribution is 6.33. The Labute approximate surface area is 102 Å². The van der Waals surface area contributed by atoms with E-state index in [0.29, 0.717) is 11.4 Å². The summed E-state index contributed by atoms with van der Waals surface area (Å²) in [6.45, 7) is 0. The van der Waals surface area contributed by atoms with Gasteiger partial charge in [-0.2, -0.15) is 5.26 Å². The van der Waals surface area contributed by atoms with Gasteiger partial charge in [0, 0.05) is 6.20 Å². The molecule has 0 atom stereocenters. The molecule has 0 unspecified atom stereocenters. The molecule has 0 amide bonds. The molecule has 1 aromatic heterocycles. The van der Waals surface area contributed by atoms with Crippen LogP contribution in [0.25, 0.3) is 0 Å². The zero-order chi connectivity index (χ0) is 12.3. The molecular weight excluding hydrogens is 241 g/mol. The van der Waals surface area contributed by atoms with Crippen LogP contribution in [0.2, 0.25) is 5.02 Å². The van der Waals surface area contributed by atoms with Crippen LogP contribution in [0.3, 0.4) is 0 Å². The second kappa shape index (κ2) is 4.81. The predicted octanol–water partition coefficient (Wildman–Crippen LogP) is 3.49. The topological polar surface area (TPSA) is 48.7 Å². The van der Waals surface area contributed by atoms with Crippen molar-refractivity contribution in [3.8, 4) is 6.07 Å². The Balaban J connectivity index is 2.29. The number of nitrogens with one attached hydrogen (secondary N) is 1. The number of hydrogen-bond donors (Lipinski definition) is 1. The summed E-state index contributed by atoms with van der Waals surface area (Å²) in [7, 11) is 0. The van der Waals surface area contributed by atoms with E-state index >= 15 is 0 Å². The fourth-order valence-electron chi connectivity index (χ4n) is 1.28. The summed E-state index contributed by atoms with van der Waals surface area (Å²) < 4.78 is 13.5. The predicted molar refractivity (Wildman–Crippen MR) is 63.6 cm³/mol. The second-order valence-corrected chi connectivity index (χ2v) is 3.67. The summed E-state index contributed by atoms with van der Waals surface area (Å²) in [4.78, 5) is 3.97. The maximum absolute atomic E-state index is 13.5. The molecule has 1 aromatic carbocycles. The van der Waals surface area contributed by atoms with Crippen molar-refractivity contribution in [2.45, 2.75) is 0 Å². The zero-order valence-corrected chi connectivity index (χ0v) is 9.37. The highest BCUT2D eigenvalue weighted by Crippen LogP contribution is 2.27. The lowest BCUT2D eigenvalue weighted by molar-refractivity contribution is 0.632.